The number of benzene rings is 1. The summed E-state index contributed by atoms with van der Waals surface area (Å²) in [7, 11) is -3.49. The highest BCUT2D eigenvalue weighted by molar-refractivity contribution is 7.92. The standard InChI is InChI=1S/C13H20N2O3S/c1-9-5-6-10(8-14)7-11(9)15-12(16)13(2,3)19(4,17)18/h5-7H,8,14H2,1-4H3,(H,15,16). The van der Waals surface area contributed by atoms with Crippen molar-refractivity contribution < 1.29 is 13.2 Å². The van der Waals surface area contributed by atoms with Crippen molar-refractivity contribution in [3.8, 4) is 0 Å². The molecule has 5 nitrogen and oxygen atoms in total. The molecule has 1 aromatic rings. The molecular weight excluding hydrogens is 264 g/mol. The van der Waals surface area contributed by atoms with Crippen LogP contribution in [0, 0.1) is 6.92 Å². The van der Waals surface area contributed by atoms with E-state index in [4.69, 9.17) is 5.73 Å². The van der Waals surface area contributed by atoms with Crippen LogP contribution in [0.15, 0.2) is 18.2 Å². The van der Waals surface area contributed by atoms with E-state index < -0.39 is 20.5 Å². The normalized spacial score (nSPS) is 12.3. The van der Waals surface area contributed by atoms with Crippen molar-refractivity contribution in [3.05, 3.63) is 29.3 Å². The Morgan fingerprint density at radius 3 is 2.42 bits per heavy atom. The number of nitrogens with two attached hydrogens (primary N) is 1. The van der Waals surface area contributed by atoms with E-state index in [-0.39, 0.29) is 0 Å². The second kappa shape index (κ2) is 5.30. The number of carbonyl (C=O) groups is 1. The molecule has 0 atom stereocenters. The maximum absolute atomic E-state index is 12.1. The Morgan fingerprint density at radius 2 is 1.95 bits per heavy atom. The fourth-order valence-corrected chi connectivity index (χ4v) is 1.76. The highest BCUT2D eigenvalue weighted by atomic mass is 32.2. The minimum absolute atomic E-state index is 0.360. The summed E-state index contributed by atoms with van der Waals surface area (Å²) < 4.78 is 21.7. The average Bonchev–Trinajstić information content (AvgIpc) is 2.30. The zero-order valence-corrected chi connectivity index (χ0v) is 12.5. The van der Waals surface area contributed by atoms with Gasteiger partial charge in [-0.2, -0.15) is 0 Å². The Labute approximate surface area is 114 Å². The summed E-state index contributed by atoms with van der Waals surface area (Å²) in [5, 5.41) is 2.66. The van der Waals surface area contributed by atoms with Crippen molar-refractivity contribution in [1.82, 2.24) is 0 Å². The Kier molecular flexibility index (Phi) is 4.37. The van der Waals surface area contributed by atoms with Crippen LogP contribution in [-0.2, 0) is 21.2 Å². The third-order valence-corrected chi connectivity index (χ3v) is 5.30. The molecule has 0 aliphatic rings. The van der Waals surface area contributed by atoms with Gasteiger partial charge in [-0.25, -0.2) is 8.42 Å². The second-order valence-electron chi connectivity index (χ2n) is 5.09. The molecule has 0 saturated carbocycles. The van der Waals surface area contributed by atoms with Gasteiger partial charge in [-0.15, -0.1) is 0 Å². The van der Waals surface area contributed by atoms with Crippen LogP contribution >= 0.6 is 0 Å². The molecule has 0 fully saturated rings. The minimum Gasteiger partial charge on any atom is -0.326 e. The summed E-state index contributed by atoms with van der Waals surface area (Å²) in [5.74, 6) is -0.549. The van der Waals surface area contributed by atoms with E-state index in [0.717, 1.165) is 17.4 Å². The Hall–Kier alpha value is -1.40. The predicted molar refractivity (Wildman–Crippen MR) is 76.6 cm³/mol. The van der Waals surface area contributed by atoms with Crippen LogP contribution in [0.1, 0.15) is 25.0 Å². The first-order chi connectivity index (χ1) is 8.59. The summed E-state index contributed by atoms with van der Waals surface area (Å²) in [5.41, 5.74) is 7.86. The SMILES string of the molecule is Cc1ccc(CN)cc1NC(=O)C(C)(C)S(C)(=O)=O. The number of nitrogens with one attached hydrogen (secondary N) is 1. The van der Waals surface area contributed by atoms with Gasteiger partial charge in [0.1, 0.15) is 4.75 Å². The van der Waals surface area contributed by atoms with Gasteiger partial charge in [0, 0.05) is 18.5 Å². The first-order valence-corrected chi connectivity index (χ1v) is 7.79. The number of amides is 1. The lowest BCUT2D eigenvalue weighted by Crippen LogP contribution is -2.44. The van der Waals surface area contributed by atoms with Gasteiger partial charge in [0.2, 0.25) is 5.91 Å². The highest BCUT2D eigenvalue weighted by Gasteiger charge is 2.38. The maximum atomic E-state index is 12.1. The molecule has 3 N–H and O–H groups in total. The first-order valence-electron chi connectivity index (χ1n) is 5.90. The number of hydrogen-bond donors (Lipinski definition) is 2. The van der Waals surface area contributed by atoms with E-state index in [1.54, 1.807) is 6.07 Å². The van der Waals surface area contributed by atoms with Crippen LogP contribution < -0.4 is 11.1 Å². The monoisotopic (exact) mass is 284 g/mol. The van der Waals surface area contributed by atoms with E-state index in [1.165, 1.54) is 13.8 Å². The number of anilines is 1. The lowest BCUT2D eigenvalue weighted by molar-refractivity contribution is -0.117. The first kappa shape index (κ1) is 15.7. The van der Waals surface area contributed by atoms with Crippen molar-refractivity contribution in [1.29, 1.82) is 0 Å². The Morgan fingerprint density at radius 1 is 1.37 bits per heavy atom. The van der Waals surface area contributed by atoms with E-state index in [1.807, 2.05) is 19.1 Å². The van der Waals surface area contributed by atoms with E-state index in [9.17, 15) is 13.2 Å². The van der Waals surface area contributed by atoms with Gasteiger partial charge in [0.15, 0.2) is 9.84 Å². The van der Waals surface area contributed by atoms with Crippen LogP contribution in [0.2, 0.25) is 0 Å². The van der Waals surface area contributed by atoms with Crippen LogP contribution in [0.4, 0.5) is 5.69 Å². The Balaban J connectivity index is 3.07. The number of carbonyl (C=O) groups excluding carboxylic acids is 1. The lowest BCUT2D eigenvalue weighted by Gasteiger charge is -2.22. The molecular formula is C13H20N2O3S. The lowest BCUT2D eigenvalue weighted by atomic mass is 10.1. The van der Waals surface area contributed by atoms with Crippen molar-refractivity contribution in [2.24, 2.45) is 5.73 Å². The summed E-state index contributed by atoms with van der Waals surface area (Å²) in [4.78, 5) is 12.1. The number of sulfone groups is 1. The van der Waals surface area contributed by atoms with Gasteiger partial charge in [-0.1, -0.05) is 12.1 Å². The van der Waals surface area contributed by atoms with Crippen LogP contribution in [0.25, 0.3) is 0 Å². The van der Waals surface area contributed by atoms with Crippen molar-refractivity contribution in [3.63, 3.8) is 0 Å². The molecule has 0 saturated heterocycles. The molecule has 0 aromatic heterocycles. The summed E-state index contributed by atoms with van der Waals surface area (Å²) in [6.45, 7) is 4.97. The molecule has 0 spiro atoms. The molecule has 19 heavy (non-hydrogen) atoms. The number of hydrogen-bond acceptors (Lipinski definition) is 4. The van der Waals surface area contributed by atoms with Gasteiger partial charge in [-0.05, 0) is 38.0 Å². The fourth-order valence-electron chi connectivity index (χ4n) is 1.37. The average molecular weight is 284 g/mol. The smallest absolute Gasteiger partial charge is 0.245 e. The summed E-state index contributed by atoms with van der Waals surface area (Å²) in [6, 6.07) is 5.46. The molecule has 0 heterocycles. The minimum atomic E-state index is -3.49. The highest BCUT2D eigenvalue weighted by Crippen LogP contribution is 2.21. The van der Waals surface area contributed by atoms with Gasteiger partial charge < -0.3 is 11.1 Å². The fraction of sp³-hybridized carbons (Fsp3) is 0.462. The summed E-state index contributed by atoms with van der Waals surface area (Å²) in [6.07, 6.45) is 1.05. The molecule has 0 aliphatic heterocycles. The molecule has 0 unspecified atom stereocenters. The number of aryl methyl sites for hydroxylation is 1. The molecule has 1 rings (SSSR count). The molecule has 0 bridgehead atoms. The molecule has 106 valence electrons. The summed E-state index contributed by atoms with van der Waals surface area (Å²) >= 11 is 0. The van der Waals surface area contributed by atoms with Crippen molar-refractivity contribution in [2.75, 3.05) is 11.6 Å². The maximum Gasteiger partial charge on any atom is 0.245 e. The molecule has 1 amide bonds. The zero-order chi connectivity index (χ0) is 14.8. The van der Waals surface area contributed by atoms with Gasteiger partial charge in [0.05, 0.1) is 0 Å². The molecule has 6 heteroatoms. The van der Waals surface area contributed by atoms with Crippen LogP contribution in [0.5, 0.6) is 0 Å². The van der Waals surface area contributed by atoms with Gasteiger partial charge in [-0.3, -0.25) is 4.79 Å². The quantitative estimate of drug-likeness (QED) is 0.870. The molecule has 0 aliphatic carbocycles. The molecule has 1 aromatic carbocycles. The van der Waals surface area contributed by atoms with Gasteiger partial charge >= 0.3 is 0 Å². The largest absolute Gasteiger partial charge is 0.326 e. The van der Waals surface area contributed by atoms with Crippen molar-refractivity contribution in [2.45, 2.75) is 32.1 Å². The second-order valence-corrected chi connectivity index (χ2v) is 7.65. The van der Waals surface area contributed by atoms with E-state index in [2.05, 4.69) is 5.32 Å². The van der Waals surface area contributed by atoms with E-state index >= 15 is 0 Å². The third kappa shape index (κ3) is 3.33. The van der Waals surface area contributed by atoms with Crippen LogP contribution in [-0.4, -0.2) is 25.3 Å². The Bertz CT molecular complexity index is 592. The van der Waals surface area contributed by atoms with Crippen LogP contribution in [0.3, 0.4) is 0 Å². The number of rotatable bonds is 4. The van der Waals surface area contributed by atoms with Crippen molar-refractivity contribution >= 4 is 21.4 Å². The topological polar surface area (TPSA) is 89.3 Å². The van der Waals surface area contributed by atoms with E-state index in [0.29, 0.717) is 12.2 Å². The van der Waals surface area contributed by atoms with Gasteiger partial charge in [0.25, 0.3) is 0 Å². The third-order valence-electron chi connectivity index (χ3n) is 3.26. The predicted octanol–water partition coefficient (Wildman–Crippen LogP) is 1.22. The zero-order valence-electron chi connectivity index (χ0n) is 11.6. The molecule has 0 radical (unpaired) electrons.